The van der Waals surface area contributed by atoms with Crippen LogP contribution in [0.1, 0.15) is 18.4 Å². The number of nitrogens with one attached hydrogen (secondary N) is 1. The zero-order valence-corrected chi connectivity index (χ0v) is 22.4. The van der Waals surface area contributed by atoms with Crippen molar-refractivity contribution < 1.29 is 9.47 Å². The maximum Gasteiger partial charge on any atom is 0.128 e. The SMILES string of the molecule is C=C1/N=C\N=C(\N2CCC[C@@H]2COc2ccc(CN3CCN(CCOC)CC3)c3ccccc23)C/N=C\N1. The van der Waals surface area contributed by atoms with Crippen LogP contribution >= 0.6 is 0 Å². The maximum atomic E-state index is 6.49. The Balaban J connectivity index is 1.24. The molecule has 0 aromatic heterocycles. The molecule has 2 saturated heterocycles. The highest BCUT2D eigenvalue weighted by Gasteiger charge is 2.28. The van der Waals surface area contributed by atoms with Crippen molar-refractivity contribution >= 4 is 29.3 Å². The van der Waals surface area contributed by atoms with Crippen LogP contribution in [0.25, 0.3) is 10.8 Å². The minimum absolute atomic E-state index is 0.252. The van der Waals surface area contributed by atoms with Gasteiger partial charge in [0.15, 0.2) is 0 Å². The number of piperazine rings is 1. The van der Waals surface area contributed by atoms with Crippen molar-refractivity contribution in [2.75, 3.05) is 66.1 Å². The highest BCUT2D eigenvalue weighted by Crippen LogP contribution is 2.30. The van der Waals surface area contributed by atoms with Gasteiger partial charge in [-0.05, 0) is 29.9 Å². The Labute approximate surface area is 225 Å². The number of hydrogen-bond donors (Lipinski definition) is 1. The summed E-state index contributed by atoms with van der Waals surface area (Å²) in [7, 11) is 1.77. The summed E-state index contributed by atoms with van der Waals surface area (Å²) in [6.07, 6.45) is 5.37. The Hall–Kier alpha value is -3.27. The first-order chi connectivity index (χ1) is 18.7. The van der Waals surface area contributed by atoms with E-state index in [1.807, 2.05) is 0 Å². The second-order valence-electron chi connectivity index (χ2n) is 10.0. The van der Waals surface area contributed by atoms with E-state index in [0.29, 0.717) is 19.0 Å². The third kappa shape index (κ3) is 6.59. The summed E-state index contributed by atoms with van der Waals surface area (Å²) in [5.41, 5.74) is 1.35. The zero-order chi connectivity index (χ0) is 26.2. The molecule has 0 aliphatic carbocycles. The molecule has 2 aromatic rings. The molecule has 3 aliphatic heterocycles. The van der Waals surface area contributed by atoms with E-state index in [0.717, 1.165) is 76.8 Å². The molecule has 2 fully saturated rings. The Morgan fingerprint density at radius 1 is 1.03 bits per heavy atom. The Morgan fingerprint density at radius 3 is 2.68 bits per heavy atom. The molecular formula is C29H39N7O2. The molecule has 1 N–H and O–H groups in total. The number of aliphatic imine (C=N–C) groups is 3. The van der Waals surface area contributed by atoms with E-state index in [2.05, 4.69) is 78.0 Å². The fraction of sp³-hybridized carbons (Fsp3) is 0.483. The molecule has 5 rings (SSSR count). The fourth-order valence-corrected chi connectivity index (χ4v) is 5.42. The van der Waals surface area contributed by atoms with Gasteiger partial charge >= 0.3 is 0 Å². The Morgan fingerprint density at radius 2 is 1.84 bits per heavy atom. The van der Waals surface area contributed by atoms with Gasteiger partial charge in [-0.1, -0.05) is 36.9 Å². The van der Waals surface area contributed by atoms with Crippen molar-refractivity contribution in [3.8, 4) is 5.75 Å². The van der Waals surface area contributed by atoms with Crippen molar-refractivity contribution in [1.29, 1.82) is 0 Å². The molecule has 9 heteroatoms. The number of likely N-dealkylation sites (tertiary alicyclic amines) is 1. The lowest BCUT2D eigenvalue weighted by molar-refractivity contribution is 0.0940. The smallest absolute Gasteiger partial charge is 0.128 e. The molecule has 3 heterocycles. The number of fused-ring (bicyclic) bond motifs is 1. The first-order valence-corrected chi connectivity index (χ1v) is 13.6. The summed E-state index contributed by atoms with van der Waals surface area (Å²) in [5, 5.41) is 5.39. The van der Waals surface area contributed by atoms with Crippen molar-refractivity contribution in [2.45, 2.75) is 25.4 Å². The average Bonchev–Trinajstić information content (AvgIpc) is 3.44. The summed E-state index contributed by atoms with van der Waals surface area (Å²) in [6.45, 7) is 13.0. The maximum absolute atomic E-state index is 6.49. The minimum atomic E-state index is 0.252. The van der Waals surface area contributed by atoms with Crippen molar-refractivity contribution in [3.63, 3.8) is 0 Å². The van der Waals surface area contributed by atoms with Crippen LogP contribution in [0.3, 0.4) is 0 Å². The van der Waals surface area contributed by atoms with E-state index < -0.39 is 0 Å². The summed E-state index contributed by atoms with van der Waals surface area (Å²) >= 11 is 0. The van der Waals surface area contributed by atoms with Crippen LogP contribution < -0.4 is 10.1 Å². The number of benzene rings is 2. The first-order valence-electron chi connectivity index (χ1n) is 13.6. The number of methoxy groups -OCH3 is 1. The lowest BCUT2D eigenvalue weighted by atomic mass is 10.0. The van der Waals surface area contributed by atoms with Gasteiger partial charge in [0.1, 0.15) is 30.4 Å². The van der Waals surface area contributed by atoms with Gasteiger partial charge < -0.3 is 19.7 Å². The average molecular weight is 518 g/mol. The predicted octanol–water partition coefficient (Wildman–Crippen LogP) is 2.98. The lowest BCUT2D eigenvalue weighted by Gasteiger charge is -2.34. The lowest BCUT2D eigenvalue weighted by Crippen LogP contribution is -2.46. The van der Waals surface area contributed by atoms with Crippen LogP contribution in [0, 0.1) is 0 Å². The molecule has 0 radical (unpaired) electrons. The number of nitrogens with zero attached hydrogens (tertiary/aromatic N) is 6. The molecule has 2 aromatic carbocycles. The predicted molar refractivity (Wildman–Crippen MR) is 154 cm³/mol. The van der Waals surface area contributed by atoms with Gasteiger partial charge in [0, 0.05) is 58.3 Å². The highest BCUT2D eigenvalue weighted by atomic mass is 16.5. The normalized spacial score (nSPS) is 24.2. The second kappa shape index (κ2) is 13.0. The summed E-state index contributed by atoms with van der Waals surface area (Å²) < 4.78 is 11.7. The highest BCUT2D eigenvalue weighted by molar-refractivity contribution is 5.92. The number of rotatable bonds is 8. The largest absolute Gasteiger partial charge is 0.491 e. The van der Waals surface area contributed by atoms with Gasteiger partial charge in [-0.2, -0.15) is 0 Å². The summed E-state index contributed by atoms with van der Waals surface area (Å²) in [6, 6.07) is 13.3. The van der Waals surface area contributed by atoms with E-state index >= 15 is 0 Å². The van der Waals surface area contributed by atoms with Gasteiger partial charge in [0.2, 0.25) is 0 Å². The van der Waals surface area contributed by atoms with Gasteiger partial charge in [0.05, 0.1) is 25.5 Å². The molecule has 9 nitrogen and oxygen atoms in total. The molecule has 1 atom stereocenters. The molecule has 0 bridgehead atoms. The van der Waals surface area contributed by atoms with Crippen LogP contribution in [0.4, 0.5) is 0 Å². The van der Waals surface area contributed by atoms with Crippen molar-refractivity contribution in [3.05, 3.63) is 54.4 Å². The van der Waals surface area contributed by atoms with Crippen molar-refractivity contribution in [1.82, 2.24) is 20.0 Å². The zero-order valence-electron chi connectivity index (χ0n) is 22.4. The van der Waals surface area contributed by atoms with E-state index in [4.69, 9.17) is 9.47 Å². The fourth-order valence-electron chi connectivity index (χ4n) is 5.42. The Kier molecular flexibility index (Phi) is 9.01. The molecular weight excluding hydrogens is 478 g/mol. The van der Waals surface area contributed by atoms with Crippen molar-refractivity contribution in [2.24, 2.45) is 15.0 Å². The molecule has 3 aliphatic rings. The van der Waals surface area contributed by atoms with E-state index in [1.54, 1.807) is 19.8 Å². The van der Waals surface area contributed by atoms with Crippen LogP contribution in [-0.4, -0.2) is 105 Å². The van der Waals surface area contributed by atoms with Crippen LogP contribution in [0.15, 0.2) is 63.8 Å². The summed E-state index contributed by atoms with van der Waals surface area (Å²) in [5.74, 6) is 2.38. The molecule has 0 spiro atoms. The number of amidine groups is 1. The molecule has 0 saturated carbocycles. The van der Waals surface area contributed by atoms with E-state index in [9.17, 15) is 0 Å². The second-order valence-corrected chi connectivity index (χ2v) is 10.0. The van der Waals surface area contributed by atoms with E-state index in [1.165, 1.54) is 16.3 Å². The molecule has 0 unspecified atom stereocenters. The topological polar surface area (TPSA) is 77.3 Å². The van der Waals surface area contributed by atoms with Crippen LogP contribution in [0.2, 0.25) is 0 Å². The third-order valence-electron chi connectivity index (χ3n) is 7.56. The number of ether oxygens (including phenoxy) is 2. The minimum Gasteiger partial charge on any atom is -0.491 e. The number of hydrogen-bond acceptors (Lipinski definition) is 9. The summed E-state index contributed by atoms with van der Waals surface area (Å²) in [4.78, 5) is 20.6. The molecule has 0 amide bonds. The Bertz CT molecular complexity index is 1190. The quantitative estimate of drug-likeness (QED) is 0.580. The van der Waals surface area contributed by atoms with E-state index in [-0.39, 0.29) is 6.04 Å². The van der Waals surface area contributed by atoms with Gasteiger partial charge in [0.25, 0.3) is 0 Å². The van der Waals surface area contributed by atoms with Crippen LogP contribution in [-0.2, 0) is 11.3 Å². The molecule has 202 valence electrons. The third-order valence-corrected chi connectivity index (χ3v) is 7.56. The standard InChI is InChI=1S/C29H39N7O2/c1-23-31-21-30-18-29(33-22-32-23)36-11-5-6-25(36)20-38-28-10-9-24(26-7-3-4-8-27(26)28)19-35-14-12-34(13-15-35)16-17-37-2/h3-4,7-10,21-22,25H,1,5-6,11-20H2,2H3,(H,30,31)/b32-22-,33-29+/t25-/m1/s1. The van der Waals surface area contributed by atoms with Crippen LogP contribution in [0.5, 0.6) is 5.75 Å². The first kappa shape index (κ1) is 26.3. The van der Waals surface area contributed by atoms with Gasteiger partial charge in [-0.15, -0.1) is 0 Å². The van der Waals surface area contributed by atoms with Gasteiger partial charge in [-0.3, -0.25) is 14.8 Å². The van der Waals surface area contributed by atoms with Gasteiger partial charge in [-0.25, -0.2) is 9.98 Å². The molecule has 38 heavy (non-hydrogen) atoms. The monoisotopic (exact) mass is 517 g/mol.